The first-order valence-electron chi connectivity index (χ1n) is 6.15. The van der Waals surface area contributed by atoms with E-state index in [0.717, 1.165) is 12.8 Å². The molecule has 17 heavy (non-hydrogen) atoms. The Morgan fingerprint density at radius 3 is 2.29 bits per heavy atom. The Morgan fingerprint density at radius 1 is 1.12 bits per heavy atom. The fourth-order valence-corrected chi connectivity index (χ4v) is 1.66. The molecule has 2 unspecified atom stereocenters. The molecule has 1 heterocycles. The Labute approximate surface area is 101 Å². The van der Waals surface area contributed by atoms with E-state index in [0.29, 0.717) is 26.2 Å². The average molecular weight is 244 g/mol. The molecule has 1 rings (SSSR count). The Hall–Kier alpha value is -1.10. The minimum Gasteiger partial charge on any atom is -0.465 e. The molecule has 0 amide bonds. The summed E-state index contributed by atoms with van der Waals surface area (Å²) < 4.78 is 15.3. The topological polar surface area (TPSA) is 61.8 Å². The van der Waals surface area contributed by atoms with Crippen LogP contribution in [0, 0.1) is 5.92 Å². The van der Waals surface area contributed by atoms with Crippen LogP contribution in [-0.2, 0) is 23.8 Å². The Bertz CT molecular complexity index is 238. The van der Waals surface area contributed by atoms with Gasteiger partial charge in [-0.3, -0.25) is 4.79 Å². The molecule has 1 aliphatic rings. The van der Waals surface area contributed by atoms with E-state index in [1.54, 1.807) is 0 Å². The molecular formula is C12H20O5. The maximum Gasteiger partial charge on any atom is 0.336 e. The van der Waals surface area contributed by atoms with Crippen molar-refractivity contribution in [3.63, 3.8) is 0 Å². The van der Waals surface area contributed by atoms with Crippen molar-refractivity contribution < 1.29 is 23.8 Å². The van der Waals surface area contributed by atoms with Gasteiger partial charge in [0.15, 0.2) is 6.10 Å². The van der Waals surface area contributed by atoms with Crippen LogP contribution in [-0.4, -0.2) is 37.9 Å². The highest BCUT2D eigenvalue weighted by Crippen LogP contribution is 2.23. The molecule has 1 saturated heterocycles. The van der Waals surface area contributed by atoms with Crippen LogP contribution in [0.4, 0.5) is 0 Å². The molecule has 0 aromatic rings. The van der Waals surface area contributed by atoms with E-state index in [1.807, 2.05) is 13.8 Å². The molecule has 1 fully saturated rings. The summed E-state index contributed by atoms with van der Waals surface area (Å²) in [6, 6.07) is 0. The van der Waals surface area contributed by atoms with Crippen molar-refractivity contribution >= 4 is 11.9 Å². The predicted molar refractivity (Wildman–Crippen MR) is 60.3 cm³/mol. The first-order valence-corrected chi connectivity index (χ1v) is 6.15. The lowest BCUT2D eigenvalue weighted by atomic mass is 10.0. The second-order valence-corrected chi connectivity index (χ2v) is 4.02. The Kier molecular flexibility index (Phi) is 5.97. The van der Waals surface area contributed by atoms with E-state index >= 15 is 0 Å². The third-order valence-corrected chi connectivity index (χ3v) is 2.52. The zero-order valence-corrected chi connectivity index (χ0v) is 10.4. The lowest BCUT2D eigenvalue weighted by Gasteiger charge is -2.16. The standard InChI is InChI=1S/C12H20O5/c1-3-6-16-11(13)9-5-8-15-10(9)12(14)17-7-4-2/h9-10H,3-8H2,1-2H3. The van der Waals surface area contributed by atoms with E-state index in [2.05, 4.69) is 0 Å². The molecule has 0 aromatic heterocycles. The van der Waals surface area contributed by atoms with Gasteiger partial charge in [0.2, 0.25) is 0 Å². The molecule has 1 aliphatic heterocycles. The van der Waals surface area contributed by atoms with E-state index in [1.165, 1.54) is 0 Å². The monoisotopic (exact) mass is 244 g/mol. The molecular weight excluding hydrogens is 224 g/mol. The third kappa shape index (κ3) is 4.00. The van der Waals surface area contributed by atoms with E-state index in [-0.39, 0.29) is 5.97 Å². The third-order valence-electron chi connectivity index (χ3n) is 2.52. The maximum absolute atomic E-state index is 11.7. The van der Waals surface area contributed by atoms with Gasteiger partial charge in [0, 0.05) is 6.61 Å². The normalized spacial score (nSPS) is 23.4. The average Bonchev–Trinajstić information content (AvgIpc) is 2.82. The van der Waals surface area contributed by atoms with Gasteiger partial charge < -0.3 is 14.2 Å². The first-order chi connectivity index (χ1) is 8.20. The van der Waals surface area contributed by atoms with Gasteiger partial charge in [0.05, 0.1) is 19.1 Å². The molecule has 0 radical (unpaired) electrons. The number of hydrogen-bond donors (Lipinski definition) is 0. The maximum atomic E-state index is 11.7. The summed E-state index contributed by atoms with van der Waals surface area (Å²) in [6.07, 6.45) is 1.26. The minimum absolute atomic E-state index is 0.357. The molecule has 0 spiro atoms. The van der Waals surface area contributed by atoms with Gasteiger partial charge in [-0.2, -0.15) is 0 Å². The van der Waals surface area contributed by atoms with Crippen LogP contribution in [0.25, 0.3) is 0 Å². The van der Waals surface area contributed by atoms with Gasteiger partial charge in [-0.1, -0.05) is 13.8 Å². The predicted octanol–water partition coefficient (Wildman–Crippen LogP) is 1.30. The zero-order chi connectivity index (χ0) is 12.7. The first kappa shape index (κ1) is 14.0. The lowest BCUT2D eigenvalue weighted by molar-refractivity contribution is -0.164. The van der Waals surface area contributed by atoms with Gasteiger partial charge in [-0.05, 0) is 19.3 Å². The van der Waals surface area contributed by atoms with Gasteiger partial charge in [0.25, 0.3) is 0 Å². The van der Waals surface area contributed by atoms with Crippen LogP contribution < -0.4 is 0 Å². The molecule has 5 heteroatoms. The van der Waals surface area contributed by atoms with Gasteiger partial charge >= 0.3 is 11.9 Å². The summed E-state index contributed by atoms with van der Waals surface area (Å²) in [7, 11) is 0. The number of hydrogen-bond acceptors (Lipinski definition) is 5. The van der Waals surface area contributed by atoms with Crippen molar-refractivity contribution in [1.82, 2.24) is 0 Å². The molecule has 0 aliphatic carbocycles. The molecule has 5 nitrogen and oxygen atoms in total. The van der Waals surface area contributed by atoms with E-state index < -0.39 is 18.0 Å². The smallest absolute Gasteiger partial charge is 0.336 e. The number of carbonyl (C=O) groups is 2. The van der Waals surface area contributed by atoms with Crippen LogP contribution >= 0.6 is 0 Å². The fraction of sp³-hybridized carbons (Fsp3) is 0.833. The van der Waals surface area contributed by atoms with Crippen molar-refractivity contribution in [2.24, 2.45) is 5.92 Å². The van der Waals surface area contributed by atoms with E-state index in [9.17, 15) is 9.59 Å². The quantitative estimate of drug-likeness (QED) is 0.659. The van der Waals surface area contributed by atoms with Crippen molar-refractivity contribution in [2.75, 3.05) is 19.8 Å². The number of esters is 2. The van der Waals surface area contributed by atoms with E-state index in [4.69, 9.17) is 14.2 Å². The molecule has 0 saturated carbocycles. The highest BCUT2D eigenvalue weighted by molar-refractivity contribution is 5.84. The van der Waals surface area contributed by atoms with Crippen LogP contribution in [0.5, 0.6) is 0 Å². The minimum atomic E-state index is -0.786. The molecule has 0 bridgehead atoms. The van der Waals surface area contributed by atoms with Crippen LogP contribution in [0.15, 0.2) is 0 Å². The van der Waals surface area contributed by atoms with Gasteiger partial charge in [-0.25, -0.2) is 4.79 Å². The second kappa shape index (κ2) is 7.27. The molecule has 98 valence electrons. The van der Waals surface area contributed by atoms with Gasteiger partial charge in [-0.15, -0.1) is 0 Å². The zero-order valence-electron chi connectivity index (χ0n) is 10.4. The lowest BCUT2D eigenvalue weighted by Crippen LogP contribution is -2.34. The van der Waals surface area contributed by atoms with Crippen LogP contribution in [0.3, 0.4) is 0 Å². The summed E-state index contributed by atoms with van der Waals surface area (Å²) in [5.41, 5.74) is 0. The second-order valence-electron chi connectivity index (χ2n) is 4.02. The van der Waals surface area contributed by atoms with Crippen molar-refractivity contribution in [1.29, 1.82) is 0 Å². The Balaban J connectivity index is 2.47. The summed E-state index contributed by atoms with van der Waals surface area (Å²) in [5.74, 6) is -1.32. The summed E-state index contributed by atoms with van der Waals surface area (Å²) in [6.45, 7) is 4.97. The SMILES string of the molecule is CCCOC(=O)C1CCOC1C(=O)OCCC. The highest BCUT2D eigenvalue weighted by atomic mass is 16.6. The molecule has 2 atom stereocenters. The number of ether oxygens (including phenoxy) is 3. The Morgan fingerprint density at radius 2 is 1.71 bits per heavy atom. The summed E-state index contributed by atoms with van der Waals surface area (Å²) >= 11 is 0. The largest absolute Gasteiger partial charge is 0.465 e. The molecule has 0 aromatic carbocycles. The number of rotatable bonds is 6. The highest BCUT2D eigenvalue weighted by Gasteiger charge is 2.41. The van der Waals surface area contributed by atoms with Crippen LogP contribution in [0.1, 0.15) is 33.1 Å². The van der Waals surface area contributed by atoms with Crippen molar-refractivity contribution in [3.8, 4) is 0 Å². The summed E-state index contributed by atoms with van der Waals surface area (Å²) in [5, 5.41) is 0. The fourth-order valence-electron chi connectivity index (χ4n) is 1.66. The summed E-state index contributed by atoms with van der Waals surface area (Å²) in [4.78, 5) is 23.3. The van der Waals surface area contributed by atoms with Crippen molar-refractivity contribution in [2.45, 2.75) is 39.2 Å². The number of carbonyl (C=O) groups excluding carboxylic acids is 2. The molecule has 0 N–H and O–H groups in total. The van der Waals surface area contributed by atoms with Crippen molar-refractivity contribution in [3.05, 3.63) is 0 Å². The van der Waals surface area contributed by atoms with Gasteiger partial charge in [0.1, 0.15) is 0 Å². The van der Waals surface area contributed by atoms with Crippen LogP contribution in [0.2, 0.25) is 0 Å².